The minimum atomic E-state index is -0.606. The highest BCUT2D eigenvalue weighted by Crippen LogP contribution is 2.34. The van der Waals surface area contributed by atoms with Gasteiger partial charge in [-0.1, -0.05) is 18.2 Å². The molecule has 4 N–H and O–H groups in total. The van der Waals surface area contributed by atoms with Crippen LogP contribution < -0.4 is 31.0 Å². The van der Waals surface area contributed by atoms with Crippen molar-refractivity contribution in [2.24, 2.45) is 5.73 Å². The Morgan fingerprint density at radius 1 is 1.02 bits per heavy atom. The monoisotopic (exact) mass is 546 g/mol. The highest BCUT2D eigenvalue weighted by atomic mass is 16.5. The third-order valence-electron chi connectivity index (χ3n) is 6.17. The number of aromatic nitrogens is 3. The first kappa shape index (κ1) is 28.2. The minimum Gasteiger partial charge on any atom is -0.494 e. The van der Waals surface area contributed by atoms with Gasteiger partial charge >= 0.3 is 5.69 Å². The number of ether oxygens (including phenoxy) is 3. The van der Waals surface area contributed by atoms with E-state index in [1.807, 2.05) is 50.2 Å². The van der Waals surface area contributed by atoms with Gasteiger partial charge in [0, 0.05) is 17.8 Å². The van der Waals surface area contributed by atoms with Crippen LogP contribution in [0.4, 0.5) is 5.69 Å². The number of rotatable bonds is 12. The maximum Gasteiger partial charge on any atom is 0.348 e. The van der Waals surface area contributed by atoms with E-state index in [4.69, 9.17) is 19.9 Å². The molecule has 210 valence electrons. The summed E-state index contributed by atoms with van der Waals surface area (Å²) in [6.07, 6.45) is -0.0691. The lowest BCUT2D eigenvalue weighted by Crippen LogP contribution is -2.28. The molecule has 2 unspecified atom stereocenters. The Balaban J connectivity index is 1.76. The molecule has 0 saturated heterocycles. The van der Waals surface area contributed by atoms with Crippen molar-refractivity contribution in [1.82, 2.24) is 19.7 Å². The quantitative estimate of drug-likeness (QED) is 0.246. The van der Waals surface area contributed by atoms with Crippen LogP contribution in [0.2, 0.25) is 0 Å². The van der Waals surface area contributed by atoms with Gasteiger partial charge in [-0.15, -0.1) is 5.10 Å². The number of carbonyl (C=O) groups is 1. The van der Waals surface area contributed by atoms with Crippen LogP contribution in [0.15, 0.2) is 71.5 Å². The van der Waals surface area contributed by atoms with Crippen LogP contribution >= 0.6 is 0 Å². The fourth-order valence-electron chi connectivity index (χ4n) is 4.37. The van der Waals surface area contributed by atoms with Crippen LogP contribution in [0.1, 0.15) is 34.7 Å². The molecule has 11 heteroatoms. The molecule has 40 heavy (non-hydrogen) atoms. The van der Waals surface area contributed by atoms with Gasteiger partial charge in [0.1, 0.15) is 23.6 Å². The first-order valence-electron chi connectivity index (χ1n) is 12.7. The van der Waals surface area contributed by atoms with Gasteiger partial charge < -0.3 is 30.2 Å². The lowest BCUT2D eigenvalue weighted by Gasteiger charge is -2.22. The van der Waals surface area contributed by atoms with E-state index in [1.165, 1.54) is 11.8 Å². The van der Waals surface area contributed by atoms with Crippen LogP contribution in [-0.2, 0) is 0 Å². The zero-order valence-corrected chi connectivity index (χ0v) is 23.2. The predicted molar refractivity (Wildman–Crippen MR) is 153 cm³/mol. The van der Waals surface area contributed by atoms with Crippen molar-refractivity contribution in [3.05, 3.63) is 94.2 Å². The number of nitrogens with zero attached hydrogens (tertiary/aromatic N) is 3. The molecule has 1 amide bonds. The molecule has 4 rings (SSSR count). The molecule has 2 atom stereocenters. The number of nitrogens with two attached hydrogens (primary N) is 1. The van der Waals surface area contributed by atoms with E-state index in [0.717, 1.165) is 12.1 Å². The standard InChI is InChI=1S/C29H34N6O5/c1-18(17-34(2)3)40-24-15-12-20(16-25(24)39-5)26(31-21-13-10-19(11-14-21)27(30)36)28-32-29(37)35(33-28)22-8-6-7-9-23(22)38-4/h6-16,18,26,31H,17H2,1-5H3,(H2,30,36)(H,32,33,37). The summed E-state index contributed by atoms with van der Waals surface area (Å²) in [4.78, 5) is 29.5. The maximum absolute atomic E-state index is 13.1. The van der Waals surface area contributed by atoms with Gasteiger partial charge in [0.05, 0.1) is 14.2 Å². The van der Waals surface area contributed by atoms with Crippen LogP contribution in [0, 0.1) is 0 Å². The van der Waals surface area contributed by atoms with E-state index in [2.05, 4.69) is 15.4 Å². The SMILES string of the molecule is COc1cc(C(Nc2ccc(C(N)=O)cc2)c2nn(-c3ccccc3OC)c(=O)[nH]2)ccc1OC(C)CN(C)C. The van der Waals surface area contributed by atoms with Crippen molar-refractivity contribution >= 4 is 11.6 Å². The summed E-state index contributed by atoms with van der Waals surface area (Å²) in [5, 5.41) is 8.02. The van der Waals surface area contributed by atoms with Gasteiger partial charge in [-0.05, 0) is 75.1 Å². The summed E-state index contributed by atoms with van der Waals surface area (Å²) in [5.41, 5.74) is 7.29. The van der Waals surface area contributed by atoms with Crippen LogP contribution in [0.25, 0.3) is 5.69 Å². The average molecular weight is 547 g/mol. The van der Waals surface area contributed by atoms with E-state index in [-0.39, 0.29) is 6.10 Å². The van der Waals surface area contributed by atoms with E-state index in [1.54, 1.807) is 49.6 Å². The summed E-state index contributed by atoms with van der Waals surface area (Å²) >= 11 is 0. The van der Waals surface area contributed by atoms with Crippen molar-refractivity contribution < 1.29 is 19.0 Å². The number of nitrogens with one attached hydrogen (secondary N) is 2. The van der Waals surface area contributed by atoms with E-state index < -0.39 is 17.6 Å². The molecule has 4 aromatic rings. The van der Waals surface area contributed by atoms with Crippen molar-refractivity contribution in [2.75, 3.05) is 40.2 Å². The molecular weight excluding hydrogens is 512 g/mol. The number of methoxy groups -OCH3 is 2. The Labute approximate surface area is 232 Å². The summed E-state index contributed by atoms with van der Waals surface area (Å²) in [6.45, 7) is 2.72. The number of para-hydroxylation sites is 2. The van der Waals surface area contributed by atoms with E-state index >= 15 is 0 Å². The topological polar surface area (TPSA) is 137 Å². The molecule has 3 aromatic carbocycles. The van der Waals surface area contributed by atoms with Crippen molar-refractivity contribution in [3.63, 3.8) is 0 Å². The number of hydrogen-bond donors (Lipinski definition) is 3. The van der Waals surface area contributed by atoms with Crippen LogP contribution in [0.5, 0.6) is 17.2 Å². The predicted octanol–water partition coefficient (Wildman–Crippen LogP) is 3.21. The Morgan fingerprint density at radius 3 is 2.38 bits per heavy atom. The molecule has 1 aromatic heterocycles. The van der Waals surface area contributed by atoms with Crippen LogP contribution in [0.3, 0.4) is 0 Å². The van der Waals surface area contributed by atoms with Crippen molar-refractivity contribution in [1.29, 1.82) is 0 Å². The van der Waals surface area contributed by atoms with Gasteiger partial charge in [-0.3, -0.25) is 9.78 Å². The van der Waals surface area contributed by atoms with Gasteiger partial charge in [0.25, 0.3) is 0 Å². The largest absolute Gasteiger partial charge is 0.494 e. The zero-order valence-electron chi connectivity index (χ0n) is 23.2. The Bertz CT molecular complexity index is 1510. The Kier molecular flexibility index (Phi) is 8.75. The minimum absolute atomic E-state index is 0.0691. The third-order valence-corrected chi connectivity index (χ3v) is 6.17. The normalized spacial score (nSPS) is 12.6. The smallest absolute Gasteiger partial charge is 0.348 e. The summed E-state index contributed by atoms with van der Waals surface area (Å²) in [6, 6.07) is 18.8. The number of primary amides is 1. The number of carbonyl (C=O) groups excluding carboxylic acids is 1. The lowest BCUT2D eigenvalue weighted by atomic mass is 10.0. The van der Waals surface area contributed by atoms with E-state index in [0.29, 0.717) is 40.0 Å². The Hall–Kier alpha value is -4.77. The second-order valence-electron chi connectivity index (χ2n) is 9.52. The molecule has 0 fully saturated rings. The number of H-pyrrole nitrogens is 1. The fraction of sp³-hybridized carbons (Fsp3) is 0.276. The molecule has 1 heterocycles. The first-order chi connectivity index (χ1) is 19.2. The number of benzene rings is 3. The number of anilines is 1. The molecule has 0 aliphatic carbocycles. The number of amides is 1. The third kappa shape index (κ3) is 6.44. The molecule has 0 saturated carbocycles. The number of aromatic amines is 1. The van der Waals surface area contributed by atoms with Crippen molar-refractivity contribution in [3.8, 4) is 22.9 Å². The Morgan fingerprint density at radius 2 is 1.73 bits per heavy atom. The molecular formula is C29H34N6O5. The number of likely N-dealkylation sites (N-methyl/N-ethyl adjacent to an activating group) is 1. The molecule has 0 aliphatic heterocycles. The highest BCUT2D eigenvalue weighted by Gasteiger charge is 2.23. The molecule has 0 radical (unpaired) electrons. The maximum atomic E-state index is 13.1. The molecule has 11 nitrogen and oxygen atoms in total. The second kappa shape index (κ2) is 12.4. The van der Waals surface area contributed by atoms with Gasteiger partial charge in [-0.2, -0.15) is 4.68 Å². The van der Waals surface area contributed by atoms with Crippen LogP contribution in [-0.4, -0.2) is 66.5 Å². The lowest BCUT2D eigenvalue weighted by molar-refractivity contribution is 0.100. The van der Waals surface area contributed by atoms with Gasteiger partial charge in [0.2, 0.25) is 5.91 Å². The highest BCUT2D eigenvalue weighted by molar-refractivity contribution is 5.93. The zero-order chi connectivity index (χ0) is 28.8. The second-order valence-corrected chi connectivity index (χ2v) is 9.52. The fourth-order valence-corrected chi connectivity index (χ4v) is 4.37. The summed E-state index contributed by atoms with van der Waals surface area (Å²) in [7, 11) is 7.08. The average Bonchev–Trinajstić information content (AvgIpc) is 3.32. The molecule has 0 bridgehead atoms. The summed E-state index contributed by atoms with van der Waals surface area (Å²) < 4.78 is 18.5. The van der Waals surface area contributed by atoms with Gasteiger partial charge in [-0.25, -0.2) is 4.79 Å². The summed E-state index contributed by atoms with van der Waals surface area (Å²) in [5.74, 6) is 1.46. The number of hydrogen-bond acceptors (Lipinski definition) is 8. The molecule has 0 spiro atoms. The first-order valence-corrected chi connectivity index (χ1v) is 12.7. The van der Waals surface area contributed by atoms with Crippen molar-refractivity contribution in [2.45, 2.75) is 19.1 Å². The van der Waals surface area contributed by atoms with E-state index in [9.17, 15) is 9.59 Å². The molecule has 0 aliphatic rings. The van der Waals surface area contributed by atoms with Gasteiger partial charge in [0.15, 0.2) is 17.3 Å².